The Morgan fingerprint density at radius 2 is 1.61 bits per heavy atom. The second kappa shape index (κ2) is 7.98. The van der Waals surface area contributed by atoms with Crippen molar-refractivity contribution >= 4 is 33.4 Å². The van der Waals surface area contributed by atoms with Crippen molar-refractivity contribution in [3.63, 3.8) is 0 Å². The second-order valence-corrected chi connectivity index (χ2v) is 8.20. The van der Waals surface area contributed by atoms with Crippen molar-refractivity contribution in [2.75, 3.05) is 0 Å². The van der Waals surface area contributed by atoms with Crippen LogP contribution in [0.15, 0.2) is 83.0 Å². The summed E-state index contributed by atoms with van der Waals surface area (Å²) in [6, 6.07) is 23.1. The number of hydrogen-bond acceptors (Lipinski definition) is 4. The largest absolute Gasteiger partial charge is 0.493 e. The van der Waals surface area contributed by atoms with Crippen molar-refractivity contribution in [1.82, 2.24) is 9.55 Å². The number of benzene rings is 3. The summed E-state index contributed by atoms with van der Waals surface area (Å²) in [7, 11) is 1.75. The van der Waals surface area contributed by atoms with E-state index in [1.165, 1.54) is 0 Å². The average molecular weight is 434 g/mol. The normalized spacial score (nSPS) is 11.6. The highest BCUT2D eigenvalue weighted by Gasteiger charge is 2.17. The summed E-state index contributed by atoms with van der Waals surface area (Å²) in [6.45, 7) is 3.93. The number of aromatic hydroxyl groups is 1. The molecule has 162 valence electrons. The zero-order valence-electron chi connectivity index (χ0n) is 18.6. The molecular weight excluding hydrogens is 412 g/mol. The SMILES string of the molecule is Cc1ccc2nc(-c3ccccc3)cc(C(=O)N=Nc3c(O)n(C)c4ccc(C)cc34)c2c1. The number of carbonyl (C=O) groups is 1. The van der Waals surface area contributed by atoms with E-state index in [1.54, 1.807) is 17.7 Å². The molecule has 0 unspecified atom stereocenters. The summed E-state index contributed by atoms with van der Waals surface area (Å²) >= 11 is 0. The molecule has 6 nitrogen and oxygen atoms in total. The minimum atomic E-state index is -0.491. The molecule has 0 bridgehead atoms. The van der Waals surface area contributed by atoms with Crippen molar-refractivity contribution in [2.45, 2.75) is 13.8 Å². The van der Waals surface area contributed by atoms with Crippen molar-refractivity contribution in [2.24, 2.45) is 17.3 Å². The number of hydrogen-bond donors (Lipinski definition) is 1. The van der Waals surface area contributed by atoms with Crippen LogP contribution in [-0.2, 0) is 7.05 Å². The van der Waals surface area contributed by atoms with Crippen LogP contribution in [0.2, 0.25) is 0 Å². The van der Waals surface area contributed by atoms with Gasteiger partial charge in [0.05, 0.1) is 22.3 Å². The van der Waals surface area contributed by atoms with Gasteiger partial charge in [-0.15, -0.1) is 10.2 Å². The molecule has 0 aliphatic heterocycles. The number of nitrogens with zero attached hydrogens (tertiary/aromatic N) is 4. The first-order valence-corrected chi connectivity index (χ1v) is 10.6. The fourth-order valence-electron chi connectivity index (χ4n) is 4.05. The summed E-state index contributed by atoms with van der Waals surface area (Å²) in [4.78, 5) is 18.0. The minimum absolute atomic E-state index is 0.0347. The Morgan fingerprint density at radius 1 is 0.909 bits per heavy atom. The highest BCUT2D eigenvalue weighted by molar-refractivity contribution is 6.08. The number of amides is 1. The van der Waals surface area contributed by atoms with Crippen LogP contribution in [0.25, 0.3) is 33.1 Å². The van der Waals surface area contributed by atoms with Crippen LogP contribution in [0.3, 0.4) is 0 Å². The van der Waals surface area contributed by atoms with Crippen molar-refractivity contribution < 1.29 is 9.90 Å². The molecule has 0 aliphatic rings. The molecule has 0 saturated carbocycles. The lowest BCUT2D eigenvalue weighted by Gasteiger charge is -2.08. The molecule has 5 rings (SSSR count). The van der Waals surface area contributed by atoms with E-state index in [-0.39, 0.29) is 11.6 Å². The maximum Gasteiger partial charge on any atom is 0.296 e. The topological polar surface area (TPSA) is 79.8 Å². The molecule has 1 amide bonds. The fourth-order valence-corrected chi connectivity index (χ4v) is 4.05. The van der Waals surface area contributed by atoms with Gasteiger partial charge in [0.15, 0.2) is 5.69 Å². The maximum absolute atomic E-state index is 13.3. The Kier molecular flexibility index (Phi) is 4.98. The van der Waals surface area contributed by atoms with Crippen LogP contribution in [0.4, 0.5) is 5.69 Å². The number of aryl methyl sites for hydroxylation is 3. The Balaban J connectivity index is 1.64. The Bertz CT molecular complexity index is 1570. The van der Waals surface area contributed by atoms with Gasteiger partial charge in [-0.25, -0.2) is 4.98 Å². The first-order valence-electron chi connectivity index (χ1n) is 10.6. The Labute approximate surface area is 190 Å². The van der Waals surface area contributed by atoms with Gasteiger partial charge in [0.1, 0.15) is 0 Å². The number of fused-ring (bicyclic) bond motifs is 2. The van der Waals surface area contributed by atoms with Gasteiger partial charge < -0.3 is 9.67 Å². The van der Waals surface area contributed by atoms with Crippen molar-refractivity contribution in [1.29, 1.82) is 0 Å². The summed E-state index contributed by atoms with van der Waals surface area (Å²) in [5, 5.41) is 20.3. The van der Waals surface area contributed by atoms with Crippen LogP contribution in [0, 0.1) is 13.8 Å². The zero-order valence-corrected chi connectivity index (χ0v) is 18.6. The fraction of sp³-hybridized carbons (Fsp3) is 0.111. The lowest BCUT2D eigenvalue weighted by atomic mass is 10.0. The molecule has 2 heterocycles. The van der Waals surface area contributed by atoms with Gasteiger partial charge in [-0.1, -0.05) is 53.6 Å². The number of pyridine rings is 1. The molecule has 1 N–H and O–H groups in total. The van der Waals surface area contributed by atoms with E-state index in [1.807, 2.05) is 80.6 Å². The third-order valence-corrected chi connectivity index (χ3v) is 5.80. The first-order chi connectivity index (χ1) is 15.9. The smallest absolute Gasteiger partial charge is 0.296 e. The highest BCUT2D eigenvalue weighted by atomic mass is 16.3. The van der Waals surface area contributed by atoms with Crippen LogP contribution in [-0.4, -0.2) is 20.6 Å². The molecule has 33 heavy (non-hydrogen) atoms. The molecule has 0 atom stereocenters. The summed E-state index contributed by atoms with van der Waals surface area (Å²) in [6.07, 6.45) is 0. The average Bonchev–Trinajstić information content (AvgIpc) is 3.06. The van der Waals surface area contributed by atoms with Crippen LogP contribution in [0.1, 0.15) is 21.5 Å². The van der Waals surface area contributed by atoms with E-state index in [0.717, 1.165) is 33.0 Å². The van der Waals surface area contributed by atoms with E-state index < -0.39 is 5.91 Å². The van der Waals surface area contributed by atoms with Crippen LogP contribution >= 0.6 is 0 Å². The lowest BCUT2D eigenvalue weighted by Crippen LogP contribution is -1.99. The van der Waals surface area contributed by atoms with Gasteiger partial charge in [0.2, 0.25) is 5.88 Å². The standard InChI is InChI=1S/C27H22N4O2/c1-16-9-11-22-19(13-16)20(15-23(28-22)18-7-5-4-6-8-18)26(32)30-29-25-21-14-17(2)10-12-24(21)31(3)27(25)33/h4-15,33H,1-3H3. The van der Waals surface area contributed by atoms with Gasteiger partial charge in [-0.2, -0.15) is 0 Å². The molecule has 0 radical (unpaired) electrons. The molecule has 3 aromatic carbocycles. The van der Waals surface area contributed by atoms with E-state index in [2.05, 4.69) is 10.2 Å². The van der Waals surface area contributed by atoms with Gasteiger partial charge in [0.25, 0.3) is 5.91 Å². The molecular formula is C27H22N4O2. The number of rotatable bonds is 3. The predicted molar refractivity (Wildman–Crippen MR) is 130 cm³/mol. The highest BCUT2D eigenvalue weighted by Crippen LogP contribution is 2.38. The third kappa shape index (κ3) is 3.65. The van der Waals surface area contributed by atoms with E-state index in [4.69, 9.17) is 4.98 Å². The van der Waals surface area contributed by atoms with E-state index in [0.29, 0.717) is 16.8 Å². The van der Waals surface area contributed by atoms with E-state index >= 15 is 0 Å². The molecule has 0 spiro atoms. The Hall–Kier alpha value is -4.32. The lowest BCUT2D eigenvalue weighted by molar-refractivity contribution is 0.0996. The van der Waals surface area contributed by atoms with Crippen LogP contribution in [0.5, 0.6) is 5.88 Å². The summed E-state index contributed by atoms with van der Waals surface area (Å²) in [5.74, 6) is -0.526. The van der Waals surface area contributed by atoms with Gasteiger partial charge in [0, 0.05) is 23.4 Å². The summed E-state index contributed by atoms with van der Waals surface area (Å²) < 4.78 is 1.63. The Morgan fingerprint density at radius 3 is 2.36 bits per heavy atom. The molecule has 0 saturated heterocycles. The summed E-state index contributed by atoms with van der Waals surface area (Å²) in [5.41, 5.74) is 5.87. The first kappa shape index (κ1) is 20.6. The van der Waals surface area contributed by atoms with Gasteiger partial charge >= 0.3 is 0 Å². The molecule has 6 heteroatoms. The van der Waals surface area contributed by atoms with Gasteiger partial charge in [-0.3, -0.25) is 4.79 Å². The molecule has 5 aromatic rings. The van der Waals surface area contributed by atoms with E-state index in [9.17, 15) is 9.90 Å². The monoisotopic (exact) mass is 434 g/mol. The predicted octanol–water partition coefficient (Wildman–Crippen LogP) is 6.64. The number of carbonyl (C=O) groups excluding carboxylic acids is 1. The quantitative estimate of drug-likeness (QED) is 0.323. The van der Waals surface area contributed by atoms with Crippen molar-refractivity contribution in [3.05, 3.63) is 89.5 Å². The molecule has 2 aromatic heterocycles. The zero-order chi connectivity index (χ0) is 23.1. The molecule has 0 aliphatic carbocycles. The maximum atomic E-state index is 13.3. The van der Waals surface area contributed by atoms with Crippen molar-refractivity contribution in [3.8, 4) is 17.1 Å². The number of aromatic nitrogens is 2. The third-order valence-electron chi connectivity index (χ3n) is 5.80. The molecule has 0 fully saturated rings. The van der Waals surface area contributed by atoms with Crippen LogP contribution < -0.4 is 0 Å². The minimum Gasteiger partial charge on any atom is -0.493 e. The van der Waals surface area contributed by atoms with Gasteiger partial charge in [-0.05, 0) is 44.2 Å². The number of azo groups is 1. The second-order valence-electron chi connectivity index (χ2n) is 8.20.